The maximum atomic E-state index is 10.9. The molecule has 98 valence electrons. The summed E-state index contributed by atoms with van der Waals surface area (Å²) in [6.07, 6.45) is 0. The largest absolute Gasteiger partial charge is 0.381 e. The second-order valence-electron chi connectivity index (χ2n) is 3.87. The summed E-state index contributed by atoms with van der Waals surface area (Å²) < 4.78 is 0.811. The first-order valence-electron chi connectivity index (χ1n) is 5.49. The number of para-hydroxylation sites is 1. The number of nitro groups is 1. The SMILES string of the molecule is O=[N+]([O-])c1ccccc1CNc1ccc(Br)c(Cl)c1. The molecule has 0 atom stereocenters. The van der Waals surface area contributed by atoms with Gasteiger partial charge in [0.05, 0.1) is 9.95 Å². The molecule has 0 aliphatic heterocycles. The Hall–Kier alpha value is -1.59. The normalized spacial score (nSPS) is 10.2. The number of halogens is 2. The minimum Gasteiger partial charge on any atom is -0.381 e. The molecular formula is C13H10BrClN2O2. The van der Waals surface area contributed by atoms with E-state index in [1.807, 2.05) is 12.1 Å². The third kappa shape index (κ3) is 3.45. The fourth-order valence-electron chi connectivity index (χ4n) is 1.64. The predicted octanol–water partition coefficient (Wildman–Crippen LogP) is 4.62. The van der Waals surface area contributed by atoms with Crippen molar-refractivity contribution in [3.63, 3.8) is 0 Å². The highest BCUT2D eigenvalue weighted by Gasteiger charge is 2.11. The first kappa shape index (κ1) is 13.8. The number of anilines is 1. The van der Waals surface area contributed by atoms with Crippen molar-refractivity contribution < 1.29 is 4.92 Å². The Labute approximate surface area is 123 Å². The molecule has 0 aromatic heterocycles. The fraction of sp³-hybridized carbons (Fsp3) is 0.0769. The molecule has 2 aromatic rings. The number of nitrogens with zero attached hydrogens (tertiary/aromatic N) is 1. The van der Waals surface area contributed by atoms with E-state index < -0.39 is 0 Å². The van der Waals surface area contributed by atoms with Crippen LogP contribution in [0.1, 0.15) is 5.56 Å². The summed E-state index contributed by atoms with van der Waals surface area (Å²) in [4.78, 5) is 10.5. The van der Waals surface area contributed by atoms with Crippen molar-refractivity contribution in [2.45, 2.75) is 6.54 Å². The van der Waals surface area contributed by atoms with E-state index in [0.717, 1.165) is 10.2 Å². The monoisotopic (exact) mass is 340 g/mol. The van der Waals surface area contributed by atoms with Crippen molar-refractivity contribution in [1.29, 1.82) is 0 Å². The molecule has 0 radical (unpaired) electrons. The van der Waals surface area contributed by atoms with Crippen LogP contribution >= 0.6 is 27.5 Å². The molecule has 0 saturated carbocycles. The maximum absolute atomic E-state index is 10.9. The smallest absolute Gasteiger partial charge is 0.274 e. The van der Waals surface area contributed by atoms with E-state index in [4.69, 9.17) is 11.6 Å². The molecule has 0 aliphatic rings. The van der Waals surface area contributed by atoms with Crippen molar-refractivity contribution >= 4 is 38.9 Å². The van der Waals surface area contributed by atoms with Crippen LogP contribution in [0.25, 0.3) is 0 Å². The summed E-state index contributed by atoms with van der Waals surface area (Å²) in [5, 5.41) is 14.6. The first-order chi connectivity index (χ1) is 9.08. The molecular weight excluding hydrogens is 332 g/mol. The van der Waals surface area contributed by atoms with Crippen molar-refractivity contribution in [2.75, 3.05) is 5.32 Å². The lowest BCUT2D eigenvalue weighted by Crippen LogP contribution is -2.02. The van der Waals surface area contributed by atoms with Gasteiger partial charge in [-0.3, -0.25) is 10.1 Å². The number of nitro benzene ring substituents is 1. The number of rotatable bonds is 4. The van der Waals surface area contributed by atoms with E-state index in [9.17, 15) is 10.1 Å². The van der Waals surface area contributed by atoms with Crippen molar-refractivity contribution in [3.05, 3.63) is 67.6 Å². The van der Waals surface area contributed by atoms with Gasteiger partial charge >= 0.3 is 0 Å². The molecule has 2 aromatic carbocycles. The van der Waals surface area contributed by atoms with Gasteiger partial charge in [-0.1, -0.05) is 29.8 Å². The Balaban J connectivity index is 2.14. The quantitative estimate of drug-likeness (QED) is 0.652. The van der Waals surface area contributed by atoms with E-state index >= 15 is 0 Å². The second kappa shape index (κ2) is 6.04. The molecule has 2 rings (SSSR count). The van der Waals surface area contributed by atoms with Gasteiger partial charge in [-0.25, -0.2) is 0 Å². The van der Waals surface area contributed by atoms with E-state index in [1.165, 1.54) is 6.07 Å². The molecule has 0 bridgehead atoms. The van der Waals surface area contributed by atoms with E-state index in [0.29, 0.717) is 17.1 Å². The Morgan fingerprint density at radius 2 is 2.00 bits per heavy atom. The standard InChI is InChI=1S/C13H10BrClN2O2/c14-11-6-5-10(7-12(11)15)16-8-9-3-1-2-4-13(9)17(18)19/h1-7,16H,8H2. The average Bonchev–Trinajstić information content (AvgIpc) is 2.40. The number of benzene rings is 2. The van der Waals surface area contributed by atoms with Crippen LogP contribution in [0.3, 0.4) is 0 Å². The molecule has 4 nitrogen and oxygen atoms in total. The minimum absolute atomic E-state index is 0.109. The number of hydrogen-bond donors (Lipinski definition) is 1. The highest BCUT2D eigenvalue weighted by molar-refractivity contribution is 9.10. The number of hydrogen-bond acceptors (Lipinski definition) is 3. The predicted molar refractivity (Wildman–Crippen MR) is 79.6 cm³/mol. The summed E-state index contributed by atoms with van der Waals surface area (Å²) in [7, 11) is 0. The van der Waals surface area contributed by atoms with Crippen LogP contribution in [0.4, 0.5) is 11.4 Å². The van der Waals surface area contributed by atoms with Crippen LogP contribution in [0.15, 0.2) is 46.9 Å². The zero-order valence-corrected chi connectivity index (χ0v) is 12.1. The van der Waals surface area contributed by atoms with Gasteiger partial charge in [0.25, 0.3) is 5.69 Å². The minimum atomic E-state index is -0.383. The van der Waals surface area contributed by atoms with Crippen LogP contribution in [0.2, 0.25) is 5.02 Å². The van der Waals surface area contributed by atoms with Crippen LogP contribution in [0.5, 0.6) is 0 Å². The van der Waals surface area contributed by atoms with Gasteiger partial charge < -0.3 is 5.32 Å². The lowest BCUT2D eigenvalue weighted by atomic mass is 10.2. The maximum Gasteiger partial charge on any atom is 0.274 e. The van der Waals surface area contributed by atoms with E-state index in [2.05, 4.69) is 21.2 Å². The molecule has 0 saturated heterocycles. The third-order valence-corrected chi connectivity index (χ3v) is 3.82. The third-order valence-electron chi connectivity index (χ3n) is 2.59. The van der Waals surface area contributed by atoms with Crippen LogP contribution < -0.4 is 5.32 Å². The summed E-state index contributed by atoms with van der Waals surface area (Å²) in [6, 6.07) is 12.1. The van der Waals surface area contributed by atoms with Crippen LogP contribution in [-0.2, 0) is 6.54 Å². The highest BCUT2D eigenvalue weighted by Crippen LogP contribution is 2.26. The lowest BCUT2D eigenvalue weighted by Gasteiger charge is -2.08. The zero-order valence-electron chi connectivity index (χ0n) is 9.77. The molecule has 19 heavy (non-hydrogen) atoms. The van der Waals surface area contributed by atoms with Gasteiger partial charge in [-0.15, -0.1) is 0 Å². The Bertz CT molecular complexity index is 619. The molecule has 0 amide bonds. The highest BCUT2D eigenvalue weighted by atomic mass is 79.9. The van der Waals surface area contributed by atoms with Gasteiger partial charge in [0.15, 0.2) is 0 Å². The number of nitrogens with one attached hydrogen (secondary N) is 1. The van der Waals surface area contributed by atoms with Gasteiger partial charge in [-0.05, 0) is 34.1 Å². The zero-order chi connectivity index (χ0) is 13.8. The Morgan fingerprint density at radius 3 is 2.68 bits per heavy atom. The van der Waals surface area contributed by atoms with Crippen LogP contribution in [-0.4, -0.2) is 4.92 Å². The average molecular weight is 342 g/mol. The van der Waals surface area contributed by atoms with E-state index in [1.54, 1.807) is 24.3 Å². The second-order valence-corrected chi connectivity index (χ2v) is 5.13. The van der Waals surface area contributed by atoms with Gasteiger partial charge in [-0.2, -0.15) is 0 Å². The molecule has 1 N–H and O–H groups in total. The van der Waals surface area contributed by atoms with Crippen LogP contribution in [0, 0.1) is 10.1 Å². The summed E-state index contributed by atoms with van der Waals surface area (Å²) in [6.45, 7) is 0.370. The molecule has 6 heteroatoms. The summed E-state index contributed by atoms with van der Waals surface area (Å²) in [5.41, 5.74) is 1.55. The van der Waals surface area contributed by atoms with Gasteiger partial charge in [0.2, 0.25) is 0 Å². The Morgan fingerprint density at radius 1 is 1.26 bits per heavy atom. The van der Waals surface area contributed by atoms with Gasteiger partial charge in [0.1, 0.15) is 0 Å². The van der Waals surface area contributed by atoms with Gasteiger partial charge in [0, 0.05) is 28.3 Å². The molecule has 0 fully saturated rings. The van der Waals surface area contributed by atoms with E-state index in [-0.39, 0.29) is 10.6 Å². The lowest BCUT2D eigenvalue weighted by molar-refractivity contribution is -0.385. The summed E-state index contributed by atoms with van der Waals surface area (Å²) in [5.74, 6) is 0. The molecule has 0 unspecified atom stereocenters. The first-order valence-corrected chi connectivity index (χ1v) is 6.66. The Kier molecular flexibility index (Phi) is 4.39. The molecule has 0 heterocycles. The van der Waals surface area contributed by atoms with Crippen molar-refractivity contribution in [2.24, 2.45) is 0 Å². The molecule has 0 aliphatic carbocycles. The van der Waals surface area contributed by atoms with Crippen molar-refractivity contribution in [1.82, 2.24) is 0 Å². The topological polar surface area (TPSA) is 55.2 Å². The summed E-state index contributed by atoms with van der Waals surface area (Å²) >= 11 is 9.29. The molecule has 0 spiro atoms. The van der Waals surface area contributed by atoms with Crippen molar-refractivity contribution in [3.8, 4) is 0 Å². The fourth-order valence-corrected chi connectivity index (χ4v) is 2.07.